The van der Waals surface area contributed by atoms with Crippen LogP contribution in [-0.4, -0.2) is 30.6 Å². The Balaban J connectivity index is 1.71. The molecule has 4 heteroatoms. The number of hydrogen-bond donors (Lipinski definition) is 1. The maximum atomic E-state index is 13.1. The second-order valence-electron chi connectivity index (χ2n) is 5.60. The second kappa shape index (κ2) is 7.70. The first-order chi connectivity index (χ1) is 9.69. The Bertz CT molecular complexity index is 415. The molecule has 0 amide bonds. The monoisotopic (exact) mass is 282 g/mol. The fraction of sp³-hybridized carbons (Fsp3) is 0.625. The van der Waals surface area contributed by atoms with Crippen molar-refractivity contribution < 1.29 is 8.78 Å². The Morgan fingerprint density at radius 1 is 1.20 bits per heavy atom. The summed E-state index contributed by atoms with van der Waals surface area (Å²) in [5.41, 5.74) is 0.803. The summed E-state index contributed by atoms with van der Waals surface area (Å²) in [5.74, 6) is -1.54. The number of benzene rings is 1. The predicted molar refractivity (Wildman–Crippen MR) is 77.6 cm³/mol. The van der Waals surface area contributed by atoms with Crippen molar-refractivity contribution >= 4 is 0 Å². The number of likely N-dealkylation sites (tertiary alicyclic amines) is 1. The van der Waals surface area contributed by atoms with E-state index in [9.17, 15) is 8.78 Å². The highest BCUT2D eigenvalue weighted by molar-refractivity contribution is 5.17. The lowest BCUT2D eigenvalue weighted by molar-refractivity contribution is 0.195. The second-order valence-corrected chi connectivity index (χ2v) is 5.60. The zero-order chi connectivity index (χ0) is 14.4. The molecule has 1 aliphatic heterocycles. The van der Waals surface area contributed by atoms with Gasteiger partial charge < -0.3 is 10.2 Å². The molecule has 0 radical (unpaired) electrons. The van der Waals surface area contributed by atoms with Gasteiger partial charge in [0.1, 0.15) is 0 Å². The molecule has 0 bridgehead atoms. The third kappa shape index (κ3) is 4.53. The molecule has 2 rings (SSSR count). The molecule has 112 valence electrons. The quantitative estimate of drug-likeness (QED) is 0.861. The predicted octanol–water partition coefficient (Wildman–Crippen LogP) is 3.32. The van der Waals surface area contributed by atoms with Crippen molar-refractivity contribution in [2.75, 3.05) is 19.6 Å². The fourth-order valence-electron chi connectivity index (χ4n) is 2.65. The van der Waals surface area contributed by atoms with Crippen LogP contribution in [0.25, 0.3) is 0 Å². The molecule has 20 heavy (non-hydrogen) atoms. The van der Waals surface area contributed by atoms with Gasteiger partial charge in [0.25, 0.3) is 0 Å². The van der Waals surface area contributed by atoms with Crippen LogP contribution in [0.1, 0.15) is 38.2 Å². The summed E-state index contributed by atoms with van der Waals surface area (Å²) < 4.78 is 25.9. The highest BCUT2D eigenvalue weighted by atomic mass is 19.2. The van der Waals surface area contributed by atoms with Crippen LogP contribution in [0.3, 0.4) is 0 Å². The fourth-order valence-corrected chi connectivity index (χ4v) is 2.65. The lowest BCUT2D eigenvalue weighted by atomic mass is 10.0. The van der Waals surface area contributed by atoms with Crippen molar-refractivity contribution in [2.45, 2.75) is 45.2 Å². The van der Waals surface area contributed by atoms with Gasteiger partial charge in [-0.3, -0.25) is 0 Å². The van der Waals surface area contributed by atoms with Gasteiger partial charge in [0.05, 0.1) is 0 Å². The van der Waals surface area contributed by atoms with Gasteiger partial charge in [0.15, 0.2) is 11.6 Å². The number of hydrogen-bond acceptors (Lipinski definition) is 2. The van der Waals surface area contributed by atoms with E-state index in [0.717, 1.165) is 31.5 Å². The van der Waals surface area contributed by atoms with E-state index in [1.54, 1.807) is 6.07 Å². The van der Waals surface area contributed by atoms with Gasteiger partial charge in [-0.15, -0.1) is 0 Å². The molecule has 1 saturated heterocycles. The average Bonchev–Trinajstić information content (AvgIpc) is 2.47. The van der Waals surface area contributed by atoms with E-state index >= 15 is 0 Å². The molecule has 1 aromatic carbocycles. The smallest absolute Gasteiger partial charge is 0.159 e. The van der Waals surface area contributed by atoms with Crippen LogP contribution in [-0.2, 0) is 6.54 Å². The Morgan fingerprint density at radius 3 is 2.60 bits per heavy atom. The summed E-state index contributed by atoms with van der Waals surface area (Å²) >= 11 is 0. The maximum Gasteiger partial charge on any atom is 0.159 e. The summed E-state index contributed by atoms with van der Waals surface area (Å²) in [4.78, 5) is 2.51. The molecule has 0 spiro atoms. The van der Waals surface area contributed by atoms with Crippen molar-refractivity contribution in [1.82, 2.24) is 10.2 Å². The topological polar surface area (TPSA) is 15.3 Å². The normalized spacial score (nSPS) is 17.6. The van der Waals surface area contributed by atoms with Gasteiger partial charge in [0, 0.05) is 12.6 Å². The van der Waals surface area contributed by atoms with E-state index in [-0.39, 0.29) is 0 Å². The number of halogens is 2. The number of nitrogens with one attached hydrogen (secondary N) is 1. The minimum absolute atomic E-state index is 0.487. The van der Waals surface area contributed by atoms with Gasteiger partial charge >= 0.3 is 0 Å². The zero-order valence-electron chi connectivity index (χ0n) is 12.2. The molecular weight excluding hydrogens is 258 g/mol. The van der Waals surface area contributed by atoms with Crippen molar-refractivity contribution in [3.63, 3.8) is 0 Å². The minimum atomic E-state index is -0.780. The Morgan fingerprint density at radius 2 is 1.95 bits per heavy atom. The van der Waals surface area contributed by atoms with Crippen LogP contribution in [0, 0.1) is 11.6 Å². The molecule has 1 heterocycles. The maximum absolute atomic E-state index is 13.1. The summed E-state index contributed by atoms with van der Waals surface area (Å²) in [5, 5.41) is 3.45. The molecule has 0 saturated carbocycles. The van der Waals surface area contributed by atoms with Gasteiger partial charge in [0.2, 0.25) is 0 Å². The molecule has 0 unspecified atom stereocenters. The van der Waals surface area contributed by atoms with Gasteiger partial charge in [-0.2, -0.15) is 0 Å². The van der Waals surface area contributed by atoms with Crippen LogP contribution in [0.2, 0.25) is 0 Å². The first kappa shape index (κ1) is 15.4. The van der Waals surface area contributed by atoms with E-state index in [4.69, 9.17) is 0 Å². The SMILES string of the molecule is CCCCN1CCC(NCc2ccc(F)c(F)c2)CC1. The summed E-state index contributed by atoms with van der Waals surface area (Å²) in [6.07, 6.45) is 4.78. The van der Waals surface area contributed by atoms with E-state index in [1.807, 2.05) is 0 Å². The Hall–Kier alpha value is -1.00. The Kier molecular flexibility index (Phi) is 5.92. The van der Waals surface area contributed by atoms with E-state index in [1.165, 1.54) is 31.5 Å². The molecular formula is C16H24F2N2. The number of unbranched alkanes of at least 4 members (excludes halogenated alkanes) is 1. The minimum Gasteiger partial charge on any atom is -0.310 e. The zero-order valence-corrected chi connectivity index (χ0v) is 12.2. The Labute approximate surface area is 120 Å². The lowest BCUT2D eigenvalue weighted by Gasteiger charge is -2.32. The first-order valence-corrected chi connectivity index (χ1v) is 7.58. The first-order valence-electron chi connectivity index (χ1n) is 7.58. The molecule has 0 aromatic heterocycles. The third-order valence-electron chi connectivity index (χ3n) is 3.99. The van der Waals surface area contributed by atoms with Crippen LogP contribution in [0.5, 0.6) is 0 Å². The number of nitrogens with zero attached hydrogens (tertiary/aromatic N) is 1. The number of rotatable bonds is 6. The average molecular weight is 282 g/mol. The highest BCUT2D eigenvalue weighted by Gasteiger charge is 2.18. The van der Waals surface area contributed by atoms with Crippen LogP contribution in [0.4, 0.5) is 8.78 Å². The van der Waals surface area contributed by atoms with E-state index < -0.39 is 11.6 Å². The largest absolute Gasteiger partial charge is 0.310 e. The van der Waals surface area contributed by atoms with Crippen molar-refractivity contribution in [2.24, 2.45) is 0 Å². The molecule has 0 aliphatic carbocycles. The summed E-state index contributed by atoms with van der Waals surface area (Å²) in [7, 11) is 0. The molecule has 2 nitrogen and oxygen atoms in total. The molecule has 1 aliphatic rings. The summed E-state index contributed by atoms with van der Waals surface area (Å²) in [6.45, 7) is 6.30. The van der Waals surface area contributed by atoms with E-state index in [2.05, 4.69) is 17.1 Å². The van der Waals surface area contributed by atoms with Gasteiger partial charge in [-0.1, -0.05) is 19.4 Å². The highest BCUT2D eigenvalue weighted by Crippen LogP contribution is 2.13. The van der Waals surface area contributed by atoms with Crippen LogP contribution < -0.4 is 5.32 Å². The molecule has 1 N–H and O–H groups in total. The summed E-state index contributed by atoms with van der Waals surface area (Å²) in [6, 6.07) is 4.60. The molecule has 0 atom stereocenters. The van der Waals surface area contributed by atoms with Gasteiger partial charge in [-0.25, -0.2) is 8.78 Å². The van der Waals surface area contributed by atoms with Crippen molar-refractivity contribution in [1.29, 1.82) is 0 Å². The van der Waals surface area contributed by atoms with Crippen molar-refractivity contribution in [3.05, 3.63) is 35.4 Å². The lowest BCUT2D eigenvalue weighted by Crippen LogP contribution is -2.42. The van der Waals surface area contributed by atoms with Gasteiger partial charge in [-0.05, 0) is 56.6 Å². The van der Waals surface area contributed by atoms with Crippen LogP contribution >= 0.6 is 0 Å². The van der Waals surface area contributed by atoms with Crippen LogP contribution in [0.15, 0.2) is 18.2 Å². The standard InChI is InChI=1S/C16H24F2N2/c1-2-3-8-20-9-6-14(7-10-20)19-12-13-4-5-15(17)16(18)11-13/h4-5,11,14,19H,2-3,6-10,12H2,1H3. The third-order valence-corrected chi connectivity index (χ3v) is 3.99. The molecule has 1 aromatic rings. The van der Waals surface area contributed by atoms with E-state index in [0.29, 0.717) is 12.6 Å². The number of piperidine rings is 1. The molecule has 1 fully saturated rings. The van der Waals surface area contributed by atoms with Crippen molar-refractivity contribution in [3.8, 4) is 0 Å².